The monoisotopic (exact) mass is 495 g/mol. The number of rotatable bonds is 12. The summed E-state index contributed by atoms with van der Waals surface area (Å²) in [6, 6.07) is 20.0. The van der Waals surface area contributed by atoms with Crippen molar-refractivity contribution in [3.63, 3.8) is 0 Å². The number of ether oxygens (including phenoxy) is 3. The fraction of sp³-hybridized carbons (Fsp3) is 0.533. The van der Waals surface area contributed by atoms with Crippen LogP contribution >= 0.6 is 0 Å². The molecule has 2 aromatic carbocycles. The van der Waals surface area contributed by atoms with Gasteiger partial charge in [0.05, 0.1) is 19.3 Å². The number of carbonyl (C=O) groups excluding carboxylic acids is 2. The number of likely N-dealkylation sites (tertiary alicyclic amines) is 1. The predicted molar refractivity (Wildman–Crippen MR) is 141 cm³/mol. The van der Waals surface area contributed by atoms with Crippen LogP contribution in [0.2, 0.25) is 0 Å². The molecule has 0 radical (unpaired) electrons. The summed E-state index contributed by atoms with van der Waals surface area (Å²) in [6.45, 7) is 6.74. The van der Waals surface area contributed by atoms with Gasteiger partial charge >= 0.3 is 12.1 Å². The molecule has 0 saturated carbocycles. The maximum Gasteiger partial charge on any atom is 0.411 e. The minimum Gasteiger partial charge on any atom is -0.464 e. The lowest BCUT2D eigenvalue weighted by atomic mass is 10.1. The summed E-state index contributed by atoms with van der Waals surface area (Å²) in [4.78, 5) is 27.2. The predicted octanol–water partition coefficient (Wildman–Crippen LogP) is 5.97. The Kier molecular flexibility index (Phi) is 10.8. The quantitative estimate of drug-likeness (QED) is 0.268. The number of hydrogen-bond donors (Lipinski definition) is 0. The normalized spacial score (nSPS) is 17.7. The van der Waals surface area contributed by atoms with Gasteiger partial charge in [-0.15, -0.1) is 0 Å². The highest BCUT2D eigenvalue weighted by atomic mass is 16.6. The second kappa shape index (κ2) is 14.0. The van der Waals surface area contributed by atoms with Gasteiger partial charge in [-0.2, -0.15) is 0 Å². The molecule has 0 N–H and O–H groups in total. The van der Waals surface area contributed by atoms with Gasteiger partial charge in [0, 0.05) is 13.0 Å². The Morgan fingerprint density at radius 3 is 1.94 bits per heavy atom. The first kappa shape index (κ1) is 27.7. The average molecular weight is 496 g/mol. The molecule has 0 bridgehead atoms. The van der Waals surface area contributed by atoms with Crippen molar-refractivity contribution >= 4 is 12.1 Å². The molecule has 3 rings (SSSR count). The summed E-state index contributed by atoms with van der Waals surface area (Å²) >= 11 is 0. The Bertz CT molecular complexity index is 925. The summed E-state index contributed by atoms with van der Waals surface area (Å²) in [7, 11) is 0. The first-order valence-electron chi connectivity index (χ1n) is 13.2. The van der Waals surface area contributed by atoms with Gasteiger partial charge in [0.25, 0.3) is 0 Å². The molecule has 2 atom stereocenters. The fourth-order valence-electron chi connectivity index (χ4n) is 4.33. The topological polar surface area (TPSA) is 65.1 Å². The summed E-state index contributed by atoms with van der Waals surface area (Å²) in [5.74, 6) is -0.379. The molecule has 6 heteroatoms. The van der Waals surface area contributed by atoms with Crippen molar-refractivity contribution in [1.82, 2.24) is 4.90 Å². The lowest BCUT2D eigenvalue weighted by Crippen LogP contribution is -2.44. The highest BCUT2D eigenvalue weighted by Crippen LogP contribution is 2.25. The maximum absolute atomic E-state index is 12.9. The highest BCUT2D eigenvalue weighted by molar-refractivity contribution is 5.82. The van der Waals surface area contributed by atoms with Crippen molar-refractivity contribution < 1.29 is 23.8 Å². The van der Waals surface area contributed by atoms with E-state index in [9.17, 15) is 9.59 Å². The van der Waals surface area contributed by atoms with Gasteiger partial charge < -0.3 is 14.2 Å². The van der Waals surface area contributed by atoms with Gasteiger partial charge in [0.1, 0.15) is 11.6 Å². The Morgan fingerprint density at radius 2 is 1.39 bits per heavy atom. The molecule has 1 aliphatic rings. The second-order valence-corrected chi connectivity index (χ2v) is 10.4. The van der Waals surface area contributed by atoms with E-state index in [0.717, 1.165) is 38.5 Å². The molecular weight excluding hydrogens is 454 g/mol. The van der Waals surface area contributed by atoms with Crippen molar-refractivity contribution in [3.05, 3.63) is 71.8 Å². The summed E-state index contributed by atoms with van der Waals surface area (Å²) < 4.78 is 17.2. The first-order valence-corrected chi connectivity index (χ1v) is 13.2. The Hall–Kier alpha value is -2.86. The molecule has 0 aromatic heterocycles. The molecule has 1 heterocycles. The molecule has 0 aliphatic carbocycles. The van der Waals surface area contributed by atoms with Crippen LogP contribution in [0.15, 0.2) is 60.7 Å². The van der Waals surface area contributed by atoms with Crippen LogP contribution in [0.25, 0.3) is 0 Å². The number of nitrogens with zero attached hydrogens (tertiary/aromatic N) is 1. The van der Waals surface area contributed by atoms with Crippen molar-refractivity contribution in [2.24, 2.45) is 0 Å². The van der Waals surface area contributed by atoms with Gasteiger partial charge in [-0.25, -0.2) is 9.59 Å². The number of amides is 1. The van der Waals surface area contributed by atoms with Gasteiger partial charge in [-0.1, -0.05) is 60.7 Å². The minimum atomic E-state index is -0.678. The zero-order chi connectivity index (χ0) is 25.8. The van der Waals surface area contributed by atoms with E-state index in [1.807, 2.05) is 45.0 Å². The third-order valence-corrected chi connectivity index (χ3v) is 6.17. The lowest BCUT2D eigenvalue weighted by molar-refractivity contribution is -0.149. The summed E-state index contributed by atoms with van der Waals surface area (Å²) in [5, 5.41) is 0. The van der Waals surface area contributed by atoms with E-state index in [2.05, 4.69) is 36.4 Å². The smallest absolute Gasteiger partial charge is 0.411 e. The fourth-order valence-corrected chi connectivity index (χ4v) is 4.33. The minimum absolute atomic E-state index is 0.204. The first-order chi connectivity index (χ1) is 17.3. The maximum atomic E-state index is 12.9. The highest BCUT2D eigenvalue weighted by Gasteiger charge is 2.42. The van der Waals surface area contributed by atoms with Gasteiger partial charge in [-0.3, -0.25) is 4.90 Å². The molecular formula is C30H41NO5. The Morgan fingerprint density at radius 1 is 0.833 bits per heavy atom. The van der Waals surface area contributed by atoms with E-state index in [1.165, 1.54) is 16.0 Å². The van der Waals surface area contributed by atoms with Crippen molar-refractivity contribution in [3.8, 4) is 0 Å². The molecule has 36 heavy (non-hydrogen) atoms. The van der Waals surface area contributed by atoms with Crippen molar-refractivity contribution in [2.75, 3.05) is 19.8 Å². The number of hydrogen-bond acceptors (Lipinski definition) is 5. The third kappa shape index (κ3) is 9.65. The summed E-state index contributed by atoms with van der Waals surface area (Å²) in [6.07, 6.45) is 5.36. The zero-order valence-corrected chi connectivity index (χ0v) is 22.0. The van der Waals surface area contributed by atoms with E-state index in [4.69, 9.17) is 14.2 Å². The molecule has 2 aromatic rings. The number of benzene rings is 2. The molecule has 196 valence electrons. The van der Waals surface area contributed by atoms with Gasteiger partial charge in [0.2, 0.25) is 0 Å². The number of carbonyl (C=O) groups is 2. The van der Waals surface area contributed by atoms with Gasteiger partial charge in [0.15, 0.2) is 0 Å². The average Bonchev–Trinajstić information content (AvgIpc) is 3.28. The van der Waals surface area contributed by atoms with Crippen LogP contribution < -0.4 is 0 Å². The summed E-state index contributed by atoms with van der Waals surface area (Å²) in [5.41, 5.74) is 1.96. The molecule has 0 spiro atoms. The van der Waals surface area contributed by atoms with Gasteiger partial charge in [-0.05, 0) is 70.4 Å². The van der Waals surface area contributed by atoms with E-state index in [1.54, 1.807) is 0 Å². The van der Waals surface area contributed by atoms with Crippen LogP contribution in [0.5, 0.6) is 0 Å². The van der Waals surface area contributed by atoms with Crippen molar-refractivity contribution in [2.45, 2.75) is 83.5 Å². The number of aryl methyl sites for hydroxylation is 2. The molecule has 1 fully saturated rings. The van der Waals surface area contributed by atoms with Crippen LogP contribution in [0.3, 0.4) is 0 Å². The largest absolute Gasteiger partial charge is 0.464 e. The molecule has 1 saturated heterocycles. The lowest BCUT2D eigenvalue weighted by Gasteiger charge is -2.27. The second-order valence-electron chi connectivity index (χ2n) is 10.4. The van der Waals surface area contributed by atoms with Crippen LogP contribution in [-0.4, -0.2) is 54.5 Å². The Balaban J connectivity index is 1.44. The SMILES string of the molecule is CC(C)(C)OC(=O)N1C[C@@H](OCCCCc2ccccc2)C[C@H]1C(=O)OCCCCc1ccccc1. The van der Waals surface area contributed by atoms with Crippen LogP contribution in [0, 0.1) is 0 Å². The zero-order valence-electron chi connectivity index (χ0n) is 22.0. The Labute approximate surface area is 215 Å². The van der Waals surface area contributed by atoms with Crippen LogP contribution in [0.1, 0.15) is 64.0 Å². The van der Waals surface area contributed by atoms with E-state index in [-0.39, 0.29) is 12.1 Å². The van der Waals surface area contributed by atoms with Crippen LogP contribution in [0.4, 0.5) is 4.79 Å². The standard InChI is InChI=1S/C30H41NO5/c1-30(2,3)36-29(33)31-23-26(34-20-12-10-18-24-14-6-4-7-15-24)22-27(31)28(32)35-21-13-11-19-25-16-8-5-9-17-25/h4-9,14-17,26-27H,10-13,18-23H2,1-3H3/t26-,27-/m0/s1. The van der Waals surface area contributed by atoms with E-state index < -0.39 is 17.7 Å². The van der Waals surface area contributed by atoms with E-state index >= 15 is 0 Å². The van der Waals surface area contributed by atoms with E-state index in [0.29, 0.717) is 26.2 Å². The molecule has 1 aliphatic heterocycles. The van der Waals surface area contributed by atoms with Crippen LogP contribution in [-0.2, 0) is 31.8 Å². The van der Waals surface area contributed by atoms with Crippen molar-refractivity contribution in [1.29, 1.82) is 0 Å². The third-order valence-electron chi connectivity index (χ3n) is 6.17. The molecule has 0 unspecified atom stereocenters. The number of unbranched alkanes of at least 4 members (excludes halogenated alkanes) is 2. The molecule has 6 nitrogen and oxygen atoms in total. The number of esters is 1. The molecule has 1 amide bonds.